The summed E-state index contributed by atoms with van der Waals surface area (Å²) in [6, 6.07) is 3.43. The van der Waals surface area contributed by atoms with Crippen LogP contribution in [0.15, 0.2) is 18.5 Å². The molecule has 1 saturated carbocycles. The van der Waals surface area contributed by atoms with E-state index in [0.717, 1.165) is 12.6 Å². The van der Waals surface area contributed by atoms with E-state index in [4.69, 9.17) is 0 Å². The Bertz CT molecular complexity index is 262. The molecule has 1 atom stereocenters. The predicted molar refractivity (Wildman–Crippen MR) is 58.2 cm³/mol. The molecule has 2 rings (SSSR count). The van der Waals surface area contributed by atoms with Crippen LogP contribution in [0.4, 0.5) is 0 Å². The minimum Gasteiger partial charge on any atom is -0.367 e. The zero-order chi connectivity index (χ0) is 9.97. The molecule has 0 bridgehead atoms. The second-order valence-corrected chi connectivity index (χ2v) is 4.31. The first-order valence-electron chi connectivity index (χ1n) is 5.30. The molecule has 0 amide bonds. The second kappa shape index (κ2) is 4.15. The van der Waals surface area contributed by atoms with Gasteiger partial charge in [0.05, 0.1) is 0 Å². The maximum Gasteiger partial charge on any atom is 0.0481 e. The molecule has 1 aromatic rings. The lowest BCUT2D eigenvalue weighted by Crippen LogP contribution is -2.31. The van der Waals surface area contributed by atoms with Crippen LogP contribution in [-0.2, 0) is 0 Å². The van der Waals surface area contributed by atoms with Gasteiger partial charge in [0.1, 0.15) is 0 Å². The third-order valence-electron chi connectivity index (χ3n) is 2.81. The Morgan fingerprint density at radius 1 is 1.57 bits per heavy atom. The number of aromatic amines is 1. The fourth-order valence-corrected chi connectivity index (χ4v) is 1.71. The van der Waals surface area contributed by atoms with Gasteiger partial charge in [-0.25, -0.2) is 0 Å². The predicted octanol–water partition coefficient (Wildman–Crippen LogP) is 1.37. The first-order valence-corrected chi connectivity index (χ1v) is 5.30. The first-order chi connectivity index (χ1) is 6.77. The second-order valence-electron chi connectivity index (χ2n) is 4.31. The van der Waals surface area contributed by atoms with Crippen molar-refractivity contribution in [3.05, 3.63) is 24.0 Å². The third kappa shape index (κ3) is 2.36. The quantitative estimate of drug-likeness (QED) is 0.740. The summed E-state index contributed by atoms with van der Waals surface area (Å²) in [7, 11) is 4.26. The largest absolute Gasteiger partial charge is 0.367 e. The zero-order valence-electron chi connectivity index (χ0n) is 8.96. The maximum absolute atomic E-state index is 3.57. The van der Waals surface area contributed by atoms with Crippen molar-refractivity contribution in [3.8, 4) is 0 Å². The van der Waals surface area contributed by atoms with Gasteiger partial charge in [-0.1, -0.05) is 0 Å². The van der Waals surface area contributed by atoms with E-state index in [0.29, 0.717) is 6.04 Å². The fourth-order valence-electron chi connectivity index (χ4n) is 1.71. The van der Waals surface area contributed by atoms with E-state index < -0.39 is 0 Å². The summed E-state index contributed by atoms with van der Waals surface area (Å²) in [5.41, 5.74) is 1.36. The molecular weight excluding hydrogens is 174 g/mol. The molecule has 1 fully saturated rings. The highest BCUT2D eigenvalue weighted by Crippen LogP contribution is 2.22. The van der Waals surface area contributed by atoms with Gasteiger partial charge in [0.2, 0.25) is 0 Å². The Hall–Kier alpha value is -0.800. The van der Waals surface area contributed by atoms with E-state index in [-0.39, 0.29) is 0 Å². The molecule has 1 aromatic heterocycles. The number of H-pyrrole nitrogens is 1. The molecule has 2 N–H and O–H groups in total. The lowest BCUT2D eigenvalue weighted by atomic mass is 10.1. The van der Waals surface area contributed by atoms with Crippen LogP contribution in [0.25, 0.3) is 0 Å². The topological polar surface area (TPSA) is 31.1 Å². The average Bonchev–Trinajstić information content (AvgIpc) is 2.80. The van der Waals surface area contributed by atoms with Gasteiger partial charge in [-0.05, 0) is 38.6 Å². The lowest BCUT2D eigenvalue weighted by molar-refractivity contribution is 0.288. The lowest BCUT2D eigenvalue weighted by Gasteiger charge is -2.23. The van der Waals surface area contributed by atoms with Crippen LogP contribution in [0.5, 0.6) is 0 Å². The van der Waals surface area contributed by atoms with Crippen LogP contribution in [0.1, 0.15) is 24.4 Å². The van der Waals surface area contributed by atoms with Gasteiger partial charge in [-0.3, -0.25) is 0 Å². The Morgan fingerprint density at radius 3 is 2.86 bits per heavy atom. The standard InChI is InChI=1S/C11H19N3/c1-14(2)11(8-13-10-3-4-10)9-5-6-12-7-9/h5-7,10-13H,3-4,8H2,1-2H3. The molecule has 1 unspecified atom stereocenters. The normalized spacial score (nSPS) is 18.8. The van der Waals surface area contributed by atoms with E-state index in [1.807, 2.05) is 6.20 Å². The van der Waals surface area contributed by atoms with Crippen LogP contribution >= 0.6 is 0 Å². The number of nitrogens with one attached hydrogen (secondary N) is 2. The van der Waals surface area contributed by atoms with Gasteiger partial charge in [0.25, 0.3) is 0 Å². The molecule has 1 aliphatic carbocycles. The molecule has 1 aliphatic rings. The zero-order valence-corrected chi connectivity index (χ0v) is 8.96. The van der Waals surface area contributed by atoms with Gasteiger partial charge in [-0.2, -0.15) is 0 Å². The number of hydrogen-bond donors (Lipinski definition) is 2. The van der Waals surface area contributed by atoms with E-state index in [2.05, 4.69) is 41.6 Å². The van der Waals surface area contributed by atoms with Crippen molar-refractivity contribution in [3.63, 3.8) is 0 Å². The molecule has 14 heavy (non-hydrogen) atoms. The van der Waals surface area contributed by atoms with Crippen LogP contribution in [0.2, 0.25) is 0 Å². The molecule has 0 aromatic carbocycles. The van der Waals surface area contributed by atoms with Crippen molar-refractivity contribution in [2.24, 2.45) is 0 Å². The molecule has 0 spiro atoms. The summed E-state index contributed by atoms with van der Waals surface area (Å²) >= 11 is 0. The third-order valence-corrected chi connectivity index (χ3v) is 2.81. The monoisotopic (exact) mass is 193 g/mol. The van der Waals surface area contributed by atoms with E-state index >= 15 is 0 Å². The Morgan fingerprint density at radius 2 is 2.36 bits per heavy atom. The number of nitrogens with zero attached hydrogens (tertiary/aromatic N) is 1. The Labute approximate surface area is 85.5 Å². The molecule has 0 aliphatic heterocycles. The first kappa shape index (κ1) is 9.74. The number of rotatable bonds is 5. The Balaban J connectivity index is 1.92. The van der Waals surface area contributed by atoms with Crippen molar-refractivity contribution in [2.75, 3.05) is 20.6 Å². The molecule has 1 heterocycles. The molecule has 3 nitrogen and oxygen atoms in total. The molecule has 78 valence electrons. The molecule has 0 saturated heterocycles. The highest BCUT2D eigenvalue weighted by molar-refractivity contribution is 5.14. The maximum atomic E-state index is 3.57. The van der Waals surface area contributed by atoms with E-state index in [1.165, 1.54) is 18.4 Å². The summed E-state index contributed by atoms with van der Waals surface area (Å²) in [5, 5.41) is 3.57. The molecule has 0 radical (unpaired) electrons. The SMILES string of the molecule is CN(C)C(CNC1CC1)c1cc[nH]c1. The molecular formula is C11H19N3. The van der Waals surface area contributed by atoms with Crippen LogP contribution < -0.4 is 5.32 Å². The Kier molecular flexibility index (Phi) is 2.89. The number of hydrogen-bond acceptors (Lipinski definition) is 2. The van der Waals surface area contributed by atoms with Gasteiger partial charge >= 0.3 is 0 Å². The fraction of sp³-hybridized carbons (Fsp3) is 0.636. The van der Waals surface area contributed by atoms with Gasteiger partial charge < -0.3 is 15.2 Å². The highest BCUT2D eigenvalue weighted by atomic mass is 15.1. The number of likely N-dealkylation sites (N-methyl/N-ethyl adjacent to an activating group) is 1. The molecule has 3 heteroatoms. The van der Waals surface area contributed by atoms with Crippen LogP contribution in [0.3, 0.4) is 0 Å². The summed E-state index contributed by atoms with van der Waals surface area (Å²) in [4.78, 5) is 5.38. The van der Waals surface area contributed by atoms with Crippen molar-refractivity contribution < 1.29 is 0 Å². The highest BCUT2D eigenvalue weighted by Gasteiger charge is 2.23. The average molecular weight is 193 g/mol. The van der Waals surface area contributed by atoms with Crippen LogP contribution in [-0.4, -0.2) is 36.6 Å². The summed E-state index contributed by atoms with van der Waals surface area (Å²) in [6.45, 7) is 1.05. The van der Waals surface area contributed by atoms with Crippen molar-refractivity contribution >= 4 is 0 Å². The minimum absolute atomic E-state index is 0.488. The van der Waals surface area contributed by atoms with Crippen molar-refractivity contribution in [2.45, 2.75) is 24.9 Å². The summed E-state index contributed by atoms with van der Waals surface area (Å²) in [6.07, 6.45) is 6.78. The van der Waals surface area contributed by atoms with Crippen LogP contribution in [0, 0.1) is 0 Å². The van der Waals surface area contributed by atoms with Gasteiger partial charge in [-0.15, -0.1) is 0 Å². The van der Waals surface area contributed by atoms with E-state index in [9.17, 15) is 0 Å². The summed E-state index contributed by atoms with van der Waals surface area (Å²) in [5.74, 6) is 0. The summed E-state index contributed by atoms with van der Waals surface area (Å²) < 4.78 is 0. The van der Waals surface area contributed by atoms with Crippen molar-refractivity contribution in [1.29, 1.82) is 0 Å². The van der Waals surface area contributed by atoms with Crippen molar-refractivity contribution in [1.82, 2.24) is 15.2 Å². The van der Waals surface area contributed by atoms with Gasteiger partial charge in [0.15, 0.2) is 0 Å². The van der Waals surface area contributed by atoms with E-state index in [1.54, 1.807) is 0 Å². The van der Waals surface area contributed by atoms with Gasteiger partial charge in [0, 0.05) is 31.0 Å². The smallest absolute Gasteiger partial charge is 0.0481 e. The number of aromatic nitrogens is 1. The minimum atomic E-state index is 0.488.